The molecule has 2 aromatic carbocycles. The summed E-state index contributed by atoms with van der Waals surface area (Å²) in [4.78, 5) is 25.0. The molecule has 4 atom stereocenters. The molecule has 9 heteroatoms. The van der Waals surface area contributed by atoms with E-state index in [4.69, 9.17) is 23.2 Å². The minimum Gasteiger partial charge on any atom is -0.481 e. The van der Waals surface area contributed by atoms with Crippen LogP contribution in [0.5, 0.6) is 0 Å². The topological polar surface area (TPSA) is 101 Å². The van der Waals surface area contributed by atoms with Crippen molar-refractivity contribution in [2.45, 2.75) is 74.8 Å². The predicted molar refractivity (Wildman–Crippen MR) is 146 cm³/mol. The molecule has 2 N–H and O–H groups in total. The minimum absolute atomic E-state index is 0.0923. The molecular formula is C28H33Cl2NO5S. The molecule has 200 valence electrons. The normalized spacial score (nSPS) is 25.9. The lowest BCUT2D eigenvalue weighted by molar-refractivity contribution is -0.147. The van der Waals surface area contributed by atoms with E-state index in [1.807, 2.05) is 18.2 Å². The third kappa shape index (κ3) is 5.27. The molecule has 1 heterocycles. The molecule has 0 radical (unpaired) electrons. The number of piperidine rings is 1. The second-order valence-corrected chi connectivity index (χ2v) is 14.7. The molecule has 0 unspecified atom stereocenters. The fourth-order valence-electron chi connectivity index (χ4n) is 5.99. The SMILES string of the molecule is CC(C)S(=O)(=O)[C@](C[C@@H]1NC(=O)[C@](C)(CC(=O)O)C[C@@H]1c1cccc(Cl)c1)(c1ccc(Cl)cc1)C1CC1. The quantitative estimate of drug-likeness (QED) is 0.390. The number of carbonyl (C=O) groups is 2. The van der Waals surface area contributed by atoms with E-state index in [1.165, 1.54) is 0 Å². The number of carboxylic acids is 1. The average Bonchev–Trinajstić information content (AvgIpc) is 3.65. The zero-order valence-electron chi connectivity index (χ0n) is 21.2. The predicted octanol–water partition coefficient (Wildman–Crippen LogP) is 5.97. The first-order valence-electron chi connectivity index (χ1n) is 12.6. The van der Waals surface area contributed by atoms with E-state index >= 15 is 0 Å². The van der Waals surface area contributed by atoms with E-state index in [2.05, 4.69) is 5.32 Å². The Labute approximate surface area is 228 Å². The van der Waals surface area contributed by atoms with Gasteiger partial charge in [0, 0.05) is 22.0 Å². The molecular weight excluding hydrogens is 533 g/mol. The van der Waals surface area contributed by atoms with E-state index < -0.39 is 37.3 Å². The summed E-state index contributed by atoms with van der Waals surface area (Å²) < 4.78 is 27.2. The maximum absolute atomic E-state index is 14.2. The number of sulfone groups is 1. The highest BCUT2D eigenvalue weighted by Gasteiger charge is 2.59. The number of aliphatic carboxylic acids is 1. The van der Waals surface area contributed by atoms with E-state index in [1.54, 1.807) is 51.1 Å². The molecule has 4 rings (SSSR count). The van der Waals surface area contributed by atoms with Crippen molar-refractivity contribution in [3.63, 3.8) is 0 Å². The maximum atomic E-state index is 14.2. The molecule has 1 saturated heterocycles. The van der Waals surface area contributed by atoms with Crippen LogP contribution in [0, 0.1) is 11.3 Å². The summed E-state index contributed by atoms with van der Waals surface area (Å²) in [5.41, 5.74) is 0.373. The van der Waals surface area contributed by atoms with Gasteiger partial charge >= 0.3 is 5.97 Å². The van der Waals surface area contributed by atoms with Crippen LogP contribution in [0.2, 0.25) is 10.0 Å². The molecule has 2 aliphatic rings. The number of amides is 1. The third-order valence-electron chi connectivity index (χ3n) is 8.06. The van der Waals surface area contributed by atoms with Crippen molar-refractivity contribution in [3.05, 3.63) is 69.7 Å². The van der Waals surface area contributed by atoms with Crippen molar-refractivity contribution in [2.75, 3.05) is 0 Å². The van der Waals surface area contributed by atoms with Gasteiger partial charge in [0.15, 0.2) is 9.84 Å². The number of hydrogen-bond donors (Lipinski definition) is 2. The molecule has 0 aromatic heterocycles. The van der Waals surface area contributed by atoms with Gasteiger partial charge < -0.3 is 10.4 Å². The molecule has 0 bridgehead atoms. The molecule has 0 spiro atoms. The molecule has 6 nitrogen and oxygen atoms in total. The fourth-order valence-corrected chi connectivity index (χ4v) is 8.74. The maximum Gasteiger partial charge on any atom is 0.304 e. The van der Waals surface area contributed by atoms with E-state index in [0.717, 1.165) is 18.4 Å². The van der Waals surface area contributed by atoms with Crippen molar-refractivity contribution in [3.8, 4) is 0 Å². The van der Waals surface area contributed by atoms with Gasteiger partial charge in [0.1, 0.15) is 4.75 Å². The van der Waals surface area contributed by atoms with Crippen molar-refractivity contribution in [1.29, 1.82) is 0 Å². The number of carbonyl (C=O) groups excluding carboxylic acids is 1. The van der Waals surface area contributed by atoms with Crippen LogP contribution < -0.4 is 5.32 Å². The van der Waals surface area contributed by atoms with Crippen LogP contribution in [0.4, 0.5) is 0 Å². The van der Waals surface area contributed by atoms with Crippen molar-refractivity contribution in [2.24, 2.45) is 11.3 Å². The molecule has 1 amide bonds. The van der Waals surface area contributed by atoms with Gasteiger partial charge in [-0.3, -0.25) is 9.59 Å². The lowest BCUT2D eigenvalue weighted by Gasteiger charge is -2.46. The molecule has 1 aliphatic carbocycles. The van der Waals surface area contributed by atoms with Gasteiger partial charge in [-0.1, -0.05) is 54.4 Å². The number of carboxylic acid groups (broad SMARTS) is 1. The third-order valence-corrected chi connectivity index (χ3v) is 11.5. The van der Waals surface area contributed by atoms with Crippen LogP contribution in [0.15, 0.2) is 48.5 Å². The molecule has 2 fully saturated rings. The Morgan fingerprint density at radius 1 is 1.14 bits per heavy atom. The summed E-state index contributed by atoms with van der Waals surface area (Å²) in [7, 11) is -3.70. The Hall–Kier alpha value is -2.09. The highest BCUT2D eigenvalue weighted by molar-refractivity contribution is 7.93. The van der Waals surface area contributed by atoms with Gasteiger partial charge in [-0.05, 0) is 80.8 Å². The fraction of sp³-hybridized carbons (Fsp3) is 0.500. The Balaban J connectivity index is 1.86. The first-order chi connectivity index (χ1) is 17.3. The van der Waals surface area contributed by atoms with Gasteiger partial charge in [0.05, 0.1) is 17.1 Å². The summed E-state index contributed by atoms with van der Waals surface area (Å²) in [6, 6.07) is 13.7. The summed E-state index contributed by atoms with van der Waals surface area (Å²) in [6.45, 7) is 5.04. The Morgan fingerprint density at radius 3 is 2.32 bits per heavy atom. The van der Waals surface area contributed by atoms with Crippen LogP contribution >= 0.6 is 23.2 Å². The monoisotopic (exact) mass is 565 g/mol. The second-order valence-electron chi connectivity index (χ2n) is 11.0. The number of hydrogen-bond acceptors (Lipinski definition) is 4. The summed E-state index contributed by atoms with van der Waals surface area (Å²) in [6.07, 6.45) is 1.66. The first-order valence-corrected chi connectivity index (χ1v) is 14.9. The van der Waals surface area contributed by atoms with Crippen molar-refractivity contribution < 1.29 is 23.1 Å². The van der Waals surface area contributed by atoms with Crippen LogP contribution in [0.25, 0.3) is 0 Å². The highest BCUT2D eigenvalue weighted by atomic mass is 35.5. The molecule has 37 heavy (non-hydrogen) atoms. The van der Waals surface area contributed by atoms with Crippen LogP contribution in [0.3, 0.4) is 0 Å². The molecule has 1 aliphatic heterocycles. The van der Waals surface area contributed by atoms with Crippen LogP contribution in [-0.2, 0) is 24.2 Å². The van der Waals surface area contributed by atoms with Gasteiger partial charge in [-0.2, -0.15) is 0 Å². The highest BCUT2D eigenvalue weighted by Crippen LogP contribution is 2.56. The number of benzene rings is 2. The number of halogens is 2. The Bertz CT molecular complexity index is 1290. The summed E-state index contributed by atoms with van der Waals surface area (Å²) in [5, 5.41) is 13.0. The largest absolute Gasteiger partial charge is 0.481 e. The number of nitrogens with one attached hydrogen (secondary N) is 1. The summed E-state index contributed by atoms with van der Waals surface area (Å²) in [5.74, 6) is -1.85. The lowest BCUT2D eigenvalue weighted by atomic mass is 9.67. The van der Waals surface area contributed by atoms with Crippen molar-refractivity contribution >= 4 is 44.9 Å². The second kappa shape index (κ2) is 10.2. The molecule has 2 aromatic rings. The minimum atomic E-state index is -3.70. The van der Waals surface area contributed by atoms with Gasteiger partial charge in [0.25, 0.3) is 0 Å². The summed E-state index contributed by atoms with van der Waals surface area (Å²) >= 11 is 12.5. The van der Waals surface area contributed by atoms with E-state index in [9.17, 15) is 23.1 Å². The van der Waals surface area contributed by atoms with E-state index in [-0.39, 0.29) is 37.0 Å². The van der Waals surface area contributed by atoms with Crippen LogP contribution in [0.1, 0.15) is 69.9 Å². The van der Waals surface area contributed by atoms with Crippen molar-refractivity contribution in [1.82, 2.24) is 5.32 Å². The Kier molecular flexibility index (Phi) is 7.72. The number of rotatable bonds is 9. The van der Waals surface area contributed by atoms with Crippen LogP contribution in [-0.4, -0.2) is 36.7 Å². The first kappa shape index (κ1) is 27.9. The Morgan fingerprint density at radius 2 is 1.78 bits per heavy atom. The zero-order valence-corrected chi connectivity index (χ0v) is 23.5. The zero-order chi connectivity index (χ0) is 27.2. The van der Waals surface area contributed by atoms with E-state index in [0.29, 0.717) is 15.6 Å². The lowest BCUT2D eigenvalue weighted by Crippen LogP contribution is -2.57. The standard InChI is InChI=1S/C28H33Cl2NO5S/c1-17(2)37(35,36)28(19-7-8-19,20-9-11-21(29)12-10-20)15-24-23(18-5-4-6-22(30)13-18)14-27(3,16-25(32)33)26(34)31-24/h4-6,9-13,17,19,23-24H,7-8,14-16H2,1-3H3,(H,31,34)(H,32,33)/t23-,24+,27+,28+/m1/s1. The smallest absolute Gasteiger partial charge is 0.304 e. The average molecular weight is 567 g/mol. The van der Waals surface area contributed by atoms with Gasteiger partial charge in [0.2, 0.25) is 5.91 Å². The molecule has 1 saturated carbocycles. The van der Waals surface area contributed by atoms with Gasteiger partial charge in [-0.15, -0.1) is 0 Å². The van der Waals surface area contributed by atoms with Gasteiger partial charge in [-0.25, -0.2) is 8.42 Å².